The Kier molecular flexibility index (Phi) is 5.08. The summed E-state index contributed by atoms with van der Waals surface area (Å²) in [6, 6.07) is 4.41. The van der Waals surface area contributed by atoms with Crippen LogP contribution in [0.2, 0.25) is 0 Å². The molecule has 0 bridgehead atoms. The molecule has 2 heterocycles. The zero-order valence-electron chi connectivity index (χ0n) is 13.9. The number of nitrogens with one attached hydrogen (secondary N) is 1. The van der Waals surface area contributed by atoms with Crippen LogP contribution in [0.1, 0.15) is 0 Å². The van der Waals surface area contributed by atoms with Gasteiger partial charge < -0.3 is 15.8 Å². The van der Waals surface area contributed by atoms with Gasteiger partial charge in [0, 0.05) is 0 Å². The predicted octanol–water partition coefficient (Wildman–Crippen LogP) is 1.90. The lowest BCUT2D eigenvalue weighted by atomic mass is 10.0. The fraction of sp³-hybridized carbons (Fsp3) is 0.200. The molecule has 27 heavy (non-hydrogen) atoms. The number of nitrogen functional groups attached to an aromatic ring is 1. The molecule has 12 heteroatoms. The van der Waals surface area contributed by atoms with Gasteiger partial charge in [0.25, 0.3) is 6.43 Å². The molecule has 3 aromatic rings. The molecule has 1 atom stereocenters. The summed E-state index contributed by atoms with van der Waals surface area (Å²) in [4.78, 5) is 3.94. The number of fused-ring (bicyclic) bond motifs is 1. The highest BCUT2D eigenvalue weighted by Crippen LogP contribution is 2.37. The van der Waals surface area contributed by atoms with Gasteiger partial charge in [-0.25, -0.2) is 17.7 Å². The standard InChI is InChI=1S/C15H14F3N7OS/c1-26-13-11-10(7(16)5-25(11)24-15(19)22-13)6-2-3-8(23-20)9(4-6)21-14(27)12(17)18/h2-5,12,14,20-21,27H,1H3,(H2,19,24)/p+1/t14-/m0/s1. The second-order valence-electron chi connectivity index (χ2n) is 5.41. The lowest BCUT2D eigenvalue weighted by Gasteiger charge is -2.15. The molecule has 142 valence electrons. The Morgan fingerprint density at radius 3 is 2.78 bits per heavy atom. The van der Waals surface area contributed by atoms with Gasteiger partial charge in [0.05, 0.1) is 24.6 Å². The molecular formula is C15H15F3N7OS+. The number of hydrogen-bond acceptors (Lipinski definition) is 7. The number of ether oxygens (including phenoxy) is 1. The highest BCUT2D eigenvalue weighted by atomic mass is 32.1. The summed E-state index contributed by atoms with van der Waals surface area (Å²) >= 11 is 3.78. The fourth-order valence-electron chi connectivity index (χ4n) is 2.60. The SMILES string of the molecule is COc1nc(N)nn2cc(F)c(-c3ccc(N=[NH2+])c(N[C@@H](S)C(F)F)c3)c12. The largest absolute Gasteiger partial charge is 0.479 e. The first kappa shape index (κ1) is 18.8. The molecule has 0 amide bonds. The molecule has 0 radical (unpaired) electrons. The molecule has 0 unspecified atom stereocenters. The second-order valence-corrected chi connectivity index (χ2v) is 5.97. The molecule has 0 saturated carbocycles. The predicted molar refractivity (Wildman–Crippen MR) is 95.8 cm³/mol. The number of methoxy groups -OCH3 is 1. The van der Waals surface area contributed by atoms with Crippen molar-refractivity contribution in [3.63, 3.8) is 0 Å². The van der Waals surface area contributed by atoms with E-state index in [0.717, 1.165) is 6.20 Å². The van der Waals surface area contributed by atoms with Crippen LogP contribution in [-0.4, -0.2) is 33.5 Å². The summed E-state index contributed by atoms with van der Waals surface area (Å²) < 4.78 is 46.7. The van der Waals surface area contributed by atoms with E-state index in [1.165, 1.54) is 29.8 Å². The minimum atomic E-state index is -2.74. The smallest absolute Gasteiger partial charge is 0.267 e. The van der Waals surface area contributed by atoms with E-state index in [2.05, 4.69) is 33.1 Å². The minimum Gasteiger partial charge on any atom is -0.479 e. The summed E-state index contributed by atoms with van der Waals surface area (Å²) in [5.41, 5.74) is 11.9. The number of anilines is 2. The van der Waals surface area contributed by atoms with Crippen molar-refractivity contribution in [3.05, 3.63) is 30.2 Å². The molecule has 0 aliphatic carbocycles. The van der Waals surface area contributed by atoms with Crippen molar-refractivity contribution in [2.45, 2.75) is 11.8 Å². The Morgan fingerprint density at radius 2 is 2.15 bits per heavy atom. The normalized spacial score (nSPS) is 12.4. The number of thiol groups is 1. The van der Waals surface area contributed by atoms with Crippen LogP contribution in [-0.2, 0) is 0 Å². The Balaban J connectivity index is 2.19. The average Bonchev–Trinajstić information content (AvgIpc) is 2.96. The fourth-order valence-corrected chi connectivity index (χ4v) is 2.74. The summed E-state index contributed by atoms with van der Waals surface area (Å²) in [5, 5.41) is 8.48. The highest BCUT2D eigenvalue weighted by Gasteiger charge is 2.22. The number of nitrogens with zero attached hydrogens (tertiary/aromatic N) is 4. The van der Waals surface area contributed by atoms with E-state index in [1.54, 1.807) is 0 Å². The molecule has 2 aromatic heterocycles. The first-order valence-corrected chi connectivity index (χ1v) is 8.03. The summed E-state index contributed by atoms with van der Waals surface area (Å²) in [5.74, 6) is -0.675. The molecular weight excluding hydrogens is 383 g/mol. The molecule has 3 rings (SSSR count). The lowest BCUT2D eigenvalue weighted by molar-refractivity contribution is -0.210. The van der Waals surface area contributed by atoms with Gasteiger partial charge in [-0.2, -0.15) is 10.5 Å². The number of halogens is 3. The molecule has 0 spiro atoms. The van der Waals surface area contributed by atoms with Crippen LogP contribution in [0.5, 0.6) is 5.88 Å². The number of aromatic nitrogens is 3. The number of rotatable bonds is 6. The molecule has 5 N–H and O–H groups in total. The van der Waals surface area contributed by atoms with Crippen molar-refractivity contribution in [1.82, 2.24) is 14.6 Å². The van der Waals surface area contributed by atoms with E-state index >= 15 is 0 Å². The third-order valence-electron chi connectivity index (χ3n) is 3.73. The second kappa shape index (κ2) is 7.31. The Morgan fingerprint density at radius 1 is 1.41 bits per heavy atom. The zero-order chi connectivity index (χ0) is 19.7. The Bertz CT molecular complexity index is 1010. The maximum absolute atomic E-state index is 14.7. The summed E-state index contributed by atoms with van der Waals surface area (Å²) in [6.07, 6.45) is -1.63. The van der Waals surface area contributed by atoms with Crippen LogP contribution in [0.15, 0.2) is 29.5 Å². The van der Waals surface area contributed by atoms with E-state index in [4.69, 9.17) is 16.0 Å². The third kappa shape index (κ3) is 3.47. The van der Waals surface area contributed by atoms with Crippen molar-refractivity contribution in [3.8, 4) is 17.0 Å². The number of benzene rings is 1. The van der Waals surface area contributed by atoms with Gasteiger partial charge in [-0.05, 0) is 22.8 Å². The summed E-state index contributed by atoms with van der Waals surface area (Å²) in [6.45, 7) is 0. The Hall–Kier alpha value is -3.02. The van der Waals surface area contributed by atoms with Gasteiger partial charge in [0.15, 0.2) is 11.5 Å². The zero-order valence-corrected chi connectivity index (χ0v) is 14.8. The maximum Gasteiger partial charge on any atom is 0.267 e. The van der Waals surface area contributed by atoms with Crippen LogP contribution in [0.25, 0.3) is 16.6 Å². The summed E-state index contributed by atoms with van der Waals surface area (Å²) in [7, 11) is 1.36. The van der Waals surface area contributed by atoms with Gasteiger partial charge in [0.1, 0.15) is 10.9 Å². The van der Waals surface area contributed by atoms with Crippen LogP contribution in [0.4, 0.5) is 30.5 Å². The van der Waals surface area contributed by atoms with Gasteiger partial charge >= 0.3 is 0 Å². The highest BCUT2D eigenvalue weighted by molar-refractivity contribution is 7.81. The molecule has 0 saturated heterocycles. The molecule has 8 nitrogen and oxygen atoms in total. The van der Waals surface area contributed by atoms with E-state index in [-0.39, 0.29) is 34.3 Å². The van der Waals surface area contributed by atoms with Crippen molar-refractivity contribution < 1.29 is 23.4 Å². The quantitative estimate of drug-likeness (QED) is 0.288. The number of hydrogen-bond donors (Lipinski definition) is 4. The van der Waals surface area contributed by atoms with Crippen LogP contribution in [0, 0.1) is 5.82 Å². The lowest BCUT2D eigenvalue weighted by Crippen LogP contribution is -2.24. The third-order valence-corrected chi connectivity index (χ3v) is 4.08. The molecule has 0 fully saturated rings. The van der Waals surface area contributed by atoms with Crippen LogP contribution in [0.3, 0.4) is 0 Å². The van der Waals surface area contributed by atoms with Crippen molar-refractivity contribution in [2.75, 3.05) is 18.2 Å². The van der Waals surface area contributed by atoms with Crippen LogP contribution < -0.4 is 21.3 Å². The number of nitrogens with two attached hydrogens (primary N) is 2. The molecule has 0 aliphatic rings. The average molecular weight is 398 g/mol. The van der Waals surface area contributed by atoms with E-state index in [9.17, 15) is 13.2 Å². The van der Waals surface area contributed by atoms with Crippen molar-refractivity contribution in [2.24, 2.45) is 5.11 Å². The van der Waals surface area contributed by atoms with Crippen molar-refractivity contribution in [1.29, 1.82) is 0 Å². The van der Waals surface area contributed by atoms with Crippen LogP contribution >= 0.6 is 12.6 Å². The molecule has 0 aliphatic heterocycles. The van der Waals surface area contributed by atoms with Crippen molar-refractivity contribution >= 4 is 35.5 Å². The maximum atomic E-state index is 14.7. The van der Waals surface area contributed by atoms with E-state index in [1.807, 2.05) is 0 Å². The first-order chi connectivity index (χ1) is 12.8. The first-order valence-electron chi connectivity index (χ1n) is 7.52. The van der Waals surface area contributed by atoms with Gasteiger partial charge in [-0.3, -0.25) is 0 Å². The van der Waals surface area contributed by atoms with Gasteiger partial charge in [-0.15, -0.1) is 17.7 Å². The van der Waals surface area contributed by atoms with Gasteiger partial charge in [0.2, 0.25) is 11.8 Å². The topological polar surface area (TPSA) is 115 Å². The van der Waals surface area contributed by atoms with Gasteiger partial charge in [-0.1, -0.05) is 6.07 Å². The monoisotopic (exact) mass is 398 g/mol. The minimum absolute atomic E-state index is 0.0585. The number of alkyl halides is 2. The van der Waals surface area contributed by atoms with E-state index in [0.29, 0.717) is 5.56 Å². The molecule has 1 aromatic carbocycles. The Labute approximate surface area is 156 Å². The van der Waals surface area contributed by atoms with E-state index < -0.39 is 17.6 Å².